The van der Waals surface area contributed by atoms with E-state index in [1.807, 2.05) is 36.0 Å². The fourth-order valence-corrected chi connectivity index (χ4v) is 2.88. The number of amidine groups is 1. The SMILES string of the molecule is CC1OCCC1Sc1ccc(C(=N)N)cc1. The summed E-state index contributed by atoms with van der Waals surface area (Å²) in [6.07, 6.45) is 1.44. The van der Waals surface area contributed by atoms with Crippen molar-refractivity contribution in [1.29, 1.82) is 5.41 Å². The predicted molar refractivity (Wildman–Crippen MR) is 67.1 cm³/mol. The molecule has 1 aliphatic rings. The van der Waals surface area contributed by atoms with Crippen LogP contribution in [0, 0.1) is 5.41 Å². The van der Waals surface area contributed by atoms with Crippen LogP contribution in [-0.2, 0) is 4.74 Å². The van der Waals surface area contributed by atoms with Crippen molar-refractivity contribution in [1.82, 2.24) is 0 Å². The van der Waals surface area contributed by atoms with Crippen LogP contribution in [-0.4, -0.2) is 23.8 Å². The molecular formula is C12H16N2OS. The number of thioether (sulfide) groups is 1. The molecule has 3 N–H and O–H groups in total. The van der Waals surface area contributed by atoms with E-state index < -0.39 is 0 Å². The van der Waals surface area contributed by atoms with Gasteiger partial charge >= 0.3 is 0 Å². The molecule has 1 saturated heterocycles. The summed E-state index contributed by atoms with van der Waals surface area (Å²) < 4.78 is 5.52. The van der Waals surface area contributed by atoms with E-state index in [1.165, 1.54) is 4.90 Å². The highest BCUT2D eigenvalue weighted by atomic mass is 32.2. The average molecular weight is 236 g/mol. The van der Waals surface area contributed by atoms with Crippen LogP contribution >= 0.6 is 11.8 Å². The van der Waals surface area contributed by atoms with Crippen molar-refractivity contribution in [3.63, 3.8) is 0 Å². The van der Waals surface area contributed by atoms with Crippen LogP contribution in [0.3, 0.4) is 0 Å². The van der Waals surface area contributed by atoms with Crippen molar-refractivity contribution < 1.29 is 4.74 Å². The summed E-state index contributed by atoms with van der Waals surface area (Å²) in [5.74, 6) is 0.120. The topological polar surface area (TPSA) is 59.1 Å². The molecule has 3 nitrogen and oxygen atoms in total. The first-order valence-corrected chi connectivity index (χ1v) is 6.27. The molecule has 0 saturated carbocycles. The smallest absolute Gasteiger partial charge is 0.122 e. The van der Waals surface area contributed by atoms with Crippen LogP contribution in [0.5, 0.6) is 0 Å². The number of ether oxygens (including phenoxy) is 1. The molecule has 0 aromatic heterocycles. The van der Waals surface area contributed by atoms with E-state index in [2.05, 4.69) is 6.92 Å². The molecule has 4 heteroatoms. The largest absolute Gasteiger partial charge is 0.384 e. The van der Waals surface area contributed by atoms with Gasteiger partial charge in [-0.3, -0.25) is 5.41 Å². The summed E-state index contributed by atoms with van der Waals surface area (Å²) in [5.41, 5.74) is 6.18. The second-order valence-corrected chi connectivity index (χ2v) is 5.27. The lowest BCUT2D eigenvalue weighted by Gasteiger charge is -2.13. The summed E-state index contributed by atoms with van der Waals surface area (Å²) in [5, 5.41) is 7.86. The third kappa shape index (κ3) is 2.57. The molecule has 0 amide bonds. The summed E-state index contributed by atoms with van der Waals surface area (Å²) in [4.78, 5) is 1.22. The zero-order valence-electron chi connectivity index (χ0n) is 9.27. The summed E-state index contributed by atoms with van der Waals surface area (Å²) in [6, 6.07) is 7.83. The molecule has 1 aliphatic heterocycles. The van der Waals surface area contributed by atoms with Crippen LogP contribution in [0.4, 0.5) is 0 Å². The highest BCUT2D eigenvalue weighted by Crippen LogP contribution is 2.32. The Hall–Kier alpha value is -1.00. The van der Waals surface area contributed by atoms with Gasteiger partial charge in [-0.15, -0.1) is 11.8 Å². The Morgan fingerprint density at radius 1 is 1.44 bits per heavy atom. The van der Waals surface area contributed by atoms with Gasteiger partial charge in [0, 0.05) is 22.3 Å². The van der Waals surface area contributed by atoms with E-state index in [1.54, 1.807) is 0 Å². The van der Waals surface area contributed by atoms with Gasteiger partial charge in [0.1, 0.15) is 5.84 Å². The minimum absolute atomic E-state index is 0.120. The number of rotatable bonds is 3. The van der Waals surface area contributed by atoms with Crippen molar-refractivity contribution >= 4 is 17.6 Å². The van der Waals surface area contributed by atoms with E-state index in [9.17, 15) is 0 Å². The van der Waals surface area contributed by atoms with Crippen LogP contribution in [0.15, 0.2) is 29.2 Å². The molecule has 1 fully saturated rings. The maximum Gasteiger partial charge on any atom is 0.122 e. The fourth-order valence-electron chi connectivity index (χ4n) is 1.75. The first kappa shape index (κ1) is 11.5. The van der Waals surface area contributed by atoms with Crippen molar-refractivity contribution in [3.8, 4) is 0 Å². The van der Waals surface area contributed by atoms with Crippen molar-refractivity contribution in [2.45, 2.75) is 29.6 Å². The first-order chi connectivity index (χ1) is 7.66. The van der Waals surface area contributed by atoms with Crippen molar-refractivity contribution in [3.05, 3.63) is 29.8 Å². The molecule has 1 aromatic carbocycles. The molecule has 86 valence electrons. The van der Waals surface area contributed by atoms with Crippen LogP contribution in [0.1, 0.15) is 18.9 Å². The standard InChI is InChI=1S/C12H16N2OS/c1-8-11(6-7-15-8)16-10-4-2-9(3-5-10)12(13)14/h2-5,8,11H,6-7H2,1H3,(H3,13,14). The monoisotopic (exact) mass is 236 g/mol. The average Bonchev–Trinajstić information content (AvgIpc) is 2.65. The minimum atomic E-state index is 0.120. The van der Waals surface area contributed by atoms with Crippen LogP contribution in [0.2, 0.25) is 0 Å². The Morgan fingerprint density at radius 2 is 2.12 bits per heavy atom. The fraction of sp³-hybridized carbons (Fsp3) is 0.417. The molecule has 2 atom stereocenters. The Bertz CT molecular complexity index is 377. The molecule has 2 unspecified atom stereocenters. The van der Waals surface area contributed by atoms with E-state index >= 15 is 0 Å². The maximum absolute atomic E-state index is 7.31. The number of nitrogen functional groups attached to an aromatic ring is 1. The van der Waals surface area contributed by atoms with Gasteiger partial charge in [0.15, 0.2) is 0 Å². The lowest BCUT2D eigenvalue weighted by molar-refractivity contribution is 0.127. The van der Waals surface area contributed by atoms with Gasteiger partial charge in [-0.25, -0.2) is 0 Å². The molecule has 1 heterocycles. The number of hydrogen-bond acceptors (Lipinski definition) is 3. The second-order valence-electron chi connectivity index (χ2n) is 3.96. The molecular weight excluding hydrogens is 220 g/mol. The summed E-state index contributed by atoms with van der Waals surface area (Å²) in [6.45, 7) is 2.99. The van der Waals surface area contributed by atoms with E-state index in [0.29, 0.717) is 11.4 Å². The van der Waals surface area contributed by atoms with Gasteiger partial charge in [0.05, 0.1) is 6.10 Å². The minimum Gasteiger partial charge on any atom is -0.384 e. The lowest BCUT2D eigenvalue weighted by atomic mass is 10.2. The third-order valence-corrected chi connectivity index (χ3v) is 4.23. The quantitative estimate of drug-likeness (QED) is 0.625. The molecule has 1 aromatic rings. The Morgan fingerprint density at radius 3 is 2.62 bits per heavy atom. The molecule has 0 aliphatic carbocycles. The van der Waals surface area contributed by atoms with Crippen molar-refractivity contribution in [2.24, 2.45) is 5.73 Å². The van der Waals surface area contributed by atoms with Gasteiger partial charge < -0.3 is 10.5 Å². The normalized spacial score (nSPS) is 24.6. The zero-order valence-corrected chi connectivity index (χ0v) is 10.1. The lowest BCUT2D eigenvalue weighted by Crippen LogP contribution is -2.13. The third-order valence-electron chi connectivity index (χ3n) is 2.76. The Balaban J connectivity index is 2.02. The number of nitrogens with one attached hydrogen (secondary N) is 1. The Labute approximate surface area is 99.9 Å². The summed E-state index contributed by atoms with van der Waals surface area (Å²) >= 11 is 1.84. The Kier molecular flexibility index (Phi) is 3.51. The number of benzene rings is 1. The van der Waals surface area contributed by atoms with E-state index in [-0.39, 0.29) is 5.84 Å². The predicted octanol–water partition coefficient (Wildman–Crippen LogP) is 2.24. The van der Waals surface area contributed by atoms with Gasteiger partial charge in [0.2, 0.25) is 0 Å². The van der Waals surface area contributed by atoms with Crippen LogP contribution in [0.25, 0.3) is 0 Å². The molecule has 2 rings (SSSR count). The first-order valence-electron chi connectivity index (χ1n) is 5.39. The van der Waals surface area contributed by atoms with Crippen molar-refractivity contribution in [2.75, 3.05) is 6.61 Å². The van der Waals surface area contributed by atoms with Crippen LogP contribution < -0.4 is 5.73 Å². The molecule has 16 heavy (non-hydrogen) atoms. The van der Waals surface area contributed by atoms with Gasteiger partial charge in [0.25, 0.3) is 0 Å². The highest BCUT2D eigenvalue weighted by Gasteiger charge is 2.24. The van der Waals surface area contributed by atoms with Gasteiger partial charge in [-0.05, 0) is 25.5 Å². The number of hydrogen-bond donors (Lipinski definition) is 2. The number of nitrogens with two attached hydrogens (primary N) is 1. The highest BCUT2D eigenvalue weighted by molar-refractivity contribution is 8.00. The van der Waals surface area contributed by atoms with Gasteiger partial charge in [-0.1, -0.05) is 12.1 Å². The second kappa shape index (κ2) is 4.89. The maximum atomic E-state index is 7.31. The molecule has 0 radical (unpaired) electrons. The van der Waals surface area contributed by atoms with Gasteiger partial charge in [-0.2, -0.15) is 0 Å². The van der Waals surface area contributed by atoms with E-state index in [4.69, 9.17) is 15.9 Å². The summed E-state index contributed by atoms with van der Waals surface area (Å²) in [7, 11) is 0. The van der Waals surface area contributed by atoms with E-state index in [0.717, 1.165) is 18.6 Å². The zero-order chi connectivity index (χ0) is 11.5. The molecule has 0 bridgehead atoms. The molecule has 0 spiro atoms.